The van der Waals surface area contributed by atoms with Crippen molar-refractivity contribution in [1.29, 1.82) is 0 Å². The molecule has 0 aromatic heterocycles. The first-order valence-electron chi connectivity index (χ1n) is 10.6. The number of nitrogens with zero attached hydrogens (tertiary/aromatic N) is 1. The molecule has 2 aromatic rings. The molecular formula is C23H30N2O6S. The van der Waals surface area contributed by atoms with E-state index in [0.717, 1.165) is 5.56 Å². The first-order chi connectivity index (χ1) is 15.5. The average molecular weight is 463 g/mol. The van der Waals surface area contributed by atoms with Crippen molar-refractivity contribution in [2.75, 3.05) is 46.6 Å². The van der Waals surface area contributed by atoms with Crippen LogP contribution >= 0.6 is 0 Å². The fourth-order valence-corrected chi connectivity index (χ4v) is 4.87. The van der Waals surface area contributed by atoms with Crippen LogP contribution in [0.15, 0.2) is 53.4 Å². The number of amides is 1. The Labute approximate surface area is 189 Å². The van der Waals surface area contributed by atoms with Crippen molar-refractivity contribution in [3.8, 4) is 5.75 Å². The lowest BCUT2D eigenvalue weighted by atomic mass is 10.1. The Kier molecular flexibility index (Phi) is 9.04. The van der Waals surface area contributed by atoms with E-state index in [2.05, 4.69) is 5.32 Å². The average Bonchev–Trinajstić information content (AvgIpc) is 2.83. The number of nitrogens with one attached hydrogen (secondary N) is 1. The number of hydrogen-bond acceptors (Lipinski definition) is 6. The molecule has 1 heterocycles. The number of hydrogen-bond donors (Lipinski definition) is 1. The van der Waals surface area contributed by atoms with Crippen LogP contribution in [0.1, 0.15) is 17.5 Å². The molecular weight excluding hydrogens is 432 g/mol. The summed E-state index contributed by atoms with van der Waals surface area (Å²) in [5.74, 6) is 0.432. The minimum absolute atomic E-state index is 0.128. The summed E-state index contributed by atoms with van der Waals surface area (Å²) < 4.78 is 43.4. The second kappa shape index (κ2) is 12.0. The van der Waals surface area contributed by atoms with Gasteiger partial charge in [-0.25, -0.2) is 8.42 Å². The maximum Gasteiger partial charge on any atom is 0.243 e. The van der Waals surface area contributed by atoms with Crippen LogP contribution in [0.25, 0.3) is 0 Å². The fourth-order valence-electron chi connectivity index (χ4n) is 3.41. The largest absolute Gasteiger partial charge is 0.496 e. The highest BCUT2D eigenvalue weighted by Crippen LogP contribution is 2.26. The maximum atomic E-state index is 12.9. The zero-order valence-corrected chi connectivity index (χ0v) is 19.1. The van der Waals surface area contributed by atoms with E-state index in [9.17, 15) is 13.2 Å². The summed E-state index contributed by atoms with van der Waals surface area (Å²) in [5.41, 5.74) is 1.76. The number of carbonyl (C=O) groups is 1. The standard InChI is InChI=1S/C23H30N2O6S/c1-29-22-9-8-21(32(27,28)25-12-15-30-16-13-25)17-20(22)7-10-23(26)24-11-14-31-18-19-5-3-2-4-6-19/h2-6,8-9,17H,7,10-16,18H2,1H3,(H,24,26). The van der Waals surface area contributed by atoms with E-state index >= 15 is 0 Å². The predicted octanol–water partition coefficient (Wildman–Crippen LogP) is 1.98. The van der Waals surface area contributed by atoms with Gasteiger partial charge >= 0.3 is 0 Å². The maximum absolute atomic E-state index is 12.9. The number of benzene rings is 2. The monoisotopic (exact) mass is 462 g/mol. The third-order valence-electron chi connectivity index (χ3n) is 5.16. The lowest BCUT2D eigenvalue weighted by Crippen LogP contribution is -2.40. The molecule has 2 aromatic carbocycles. The first-order valence-corrected chi connectivity index (χ1v) is 12.1. The summed E-state index contributed by atoms with van der Waals surface area (Å²) in [6.45, 7) is 2.76. The van der Waals surface area contributed by atoms with E-state index in [1.165, 1.54) is 17.5 Å². The van der Waals surface area contributed by atoms with E-state index in [-0.39, 0.29) is 17.2 Å². The summed E-state index contributed by atoms with van der Waals surface area (Å²) in [6, 6.07) is 14.6. The Hall–Kier alpha value is -2.46. The molecule has 0 unspecified atom stereocenters. The number of carbonyl (C=O) groups excluding carboxylic acids is 1. The Morgan fingerprint density at radius 1 is 1.12 bits per heavy atom. The van der Waals surface area contributed by atoms with Gasteiger partial charge in [-0.15, -0.1) is 0 Å². The lowest BCUT2D eigenvalue weighted by molar-refractivity contribution is -0.121. The molecule has 0 atom stereocenters. The predicted molar refractivity (Wildman–Crippen MR) is 120 cm³/mol. The van der Waals surface area contributed by atoms with Crippen LogP contribution in [0, 0.1) is 0 Å². The van der Waals surface area contributed by atoms with Gasteiger partial charge in [0.1, 0.15) is 5.75 Å². The van der Waals surface area contributed by atoms with Crippen molar-refractivity contribution < 1.29 is 27.4 Å². The molecule has 174 valence electrons. The topological polar surface area (TPSA) is 94.2 Å². The van der Waals surface area contributed by atoms with Crippen LogP contribution in [-0.4, -0.2) is 65.2 Å². The molecule has 32 heavy (non-hydrogen) atoms. The molecule has 1 aliphatic rings. The molecule has 3 rings (SSSR count). The summed E-state index contributed by atoms with van der Waals surface area (Å²) in [4.78, 5) is 12.4. The van der Waals surface area contributed by atoms with Crippen LogP contribution in [-0.2, 0) is 37.3 Å². The first kappa shape index (κ1) is 24.2. The van der Waals surface area contributed by atoms with Crippen LogP contribution in [0.4, 0.5) is 0 Å². The minimum Gasteiger partial charge on any atom is -0.496 e. The molecule has 1 saturated heterocycles. The minimum atomic E-state index is -3.61. The molecule has 1 fully saturated rings. The van der Waals surface area contributed by atoms with Crippen molar-refractivity contribution in [3.63, 3.8) is 0 Å². The van der Waals surface area contributed by atoms with Gasteiger partial charge in [-0.05, 0) is 35.7 Å². The van der Waals surface area contributed by atoms with E-state index in [1.54, 1.807) is 12.1 Å². The van der Waals surface area contributed by atoms with Crippen LogP contribution in [0.3, 0.4) is 0 Å². The molecule has 0 spiro atoms. The molecule has 1 N–H and O–H groups in total. The third kappa shape index (κ3) is 6.77. The summed E-state index contributed by atoms with van der Waals surface area (Å²) in [6.07, 6.45) is 0.586. The molecule has 1 aliphatic heterocycles. The quantitative estimate of drug-likeness (QED) is 0.513. The number of aryl methyl sites for hydroxylation is 1. The number of morpholine rings is 1. The van der Waals surface area contributed by atoms with Crippen LogP contribution in [0.5, 0.6) is 5.75 Å². The summed E-state index contributed by atoms with van der Waals surface area (Å²) >= 11 is 0. The molecule has 8 nitrogen and oxygen atoms in total. The third-order valence-corrected chi connectivity index (χ3v) is 7.06. The van der Waals surface area contributed by atoms with Crippen molar-refractivity contribution in [1.82, 2.24) is 9.62 Å². The highest BCUT2D eigenvalue weighted by molar-refractivity contribution is 7.89. The summed E-state index contributed by atoms with van der Waals surface area (Å²) in [5, 5.41) is 2.83. The Bertz CT molecular complexity index is 975. The smallest absolute Gasteiger partial charge is 0.243 e. The zero-order valence-electron chi connectivity index (χ0n) is 18.3. The Morgan fingerprint density at radius 3 is 2.59 bits per heavy atom. The highest BCUT2D eigenvalue weighted by atomic mass is 32.2. The molecule has 9 heteroatoms. The van der Waals surface area contributed by atoms with E-state index in [0.29, 0.717) is 63.8 Å². The van der Waals surface area contributed by atoms with Gasteiger partial charge in [0, 0.05) is 26.1 Å². The van der Waals surface area contributed by atoms with Crippen LogP contribution in [0.2, 0.25) is 0 Å². The van der Waals surface area contributed by atoms with E-state index < -0.39 is 10.0 Å². The van der Waals surface area contributed by atoms with Crippen molar-refractivity contribution in [2.45, 2.75) is 24.3 Å². The normalized spacial score (nSPS) is 14.8. The van der Waals surface area contributed by atoms with E-state index in [4.69, 9.17) is 14.2 Å². The highest BCUT2D eigenvalue weighted by Gasteiger charge is 2.27. The van der Waals surface area contributed by atoms with Crippen molar-refractivity contribution in [3.05, 3.63) is 59.7 Å². The van der Waals surface area contributed by atoms with Crippen molar-refractivity contribution >= 4 is 15.9 Å². The summed E-state index contributed by atoms with van der Waals surface area (Å²) in [7, 11) is -2.08. The fraction of sp³-hybridized carbons (Fsp3) is 0.435. The molecule has 0 bridgehead atoms. The molecule has 0 aliphatic carbocycles. The van der Waals surface area contributed by atoms with Gasteiger partial charge < -0.3 is 19.5 Å². The number of rotatable bonds is 11. The van der Waals surface area contributed by atoms with Gasteiger partial charge in [0.05, 0.1) is 38.4 Å². The second-order valence-corrected chi connectivity index (χ2v) is 9.32. The Morgan fingerprint density at radius 2 is 1.88 bits per heavy atom. The number of sulfonamides is 1. The van der Waals surface area contributed by atoms with Gasteiger partial charge in [0.15, 0.2) is 0 Å². The second-order valence-electron chi connectivity index (χ2n) is 7.38. The molecule has 1 amide bonds. The van der Waals surface area contributed by atoms with Gasteiger partial charge in [0.2, 0.25) is 15.9 Å². The van der Waals surface area contributed by atoms with Crippen LogP contribution < -0.4 is 10.1 Å². The number of ether oxygens (including phenoxy) is 3. The van der Waals surface area contributed by atoms with Gasteiger partial charge in [-0.2, -0.15) is 4.31 Å². The van der Waals surface area contributed by atoms with Gasteiger partial charge in [-0.1, -0.05) is 30.3 Å². The molecule has 0 radical (unpaired) electrons. The van der Waals surface area contributed by atoms with Gasteiger partial charge in [0.25, 0.3) is 0 Å². The van der Waals surface area contributed by atoms with Crippen molar-refractivity contribution in [2.24, 2.45) is 0 Å². The zero-order chi connectivity index (χ0) is 22.8. The lowest BCUT2D eigenvalue weighted by Gasteiger charge is -2.26. The van der Waals surface area contributed by atoms with Gasteiger partial charge in [-0.3, -0.25) is 4.79 Å². The Balaban J connectivity index is 1.50. The number of methoxy groups -OCH3 is 1. The molecule has 0 saturated carbocycles. The SMILES string of the molecule is COc1ccc(S(=O)(=O)N2CCOCC2)cc1CCC(=O)NCCOCc1ccccc1. The van der Waals surface area contributed by atoms with E-state index in [1.807, 2.05) is 30.3 Å².